The van der Waals surface area contributed by atoms with Gasteiger partial charge >= 0.3 is 0 Å². The monoisotopic (exact) mass is 357 g/mol. The average molecular weight is 359 g/mol. The lowest BCUT2D eigenvalue weighted by Gasteiger charge is -2.15. The Morgan fingerprint density at radius 2 is 1.73 bits per heavy atom. The summed E-state index contributed by atoms with van der Waals surface area (Å²) in [5.41, 5.74) is 1.53. The van der Waals surface area contributed by atoms with Crippen molar-refractivity contribution in [2.24, 2.45) is 0 Å². The molecule has 0 saturated heterocycles. The summed E-state index contributed by atoms with van der Waals surface area (Å²) in [6.07, 6.45) is 0. The number of hydrogen-bond donors (Lipinski definition) is 2. The lowest BCUT2D eigenvalue weighted by Crippen LogP contribution is -3.08. The fraction of sp³-hybridized carbons (Fsp3) is 0.188. The third kappa shape index (κ3) is 4.62. The van der Waals surface area contributed by atoms with Crippen molar-refractivity contribution in [1.82, 2.24) is 0 Å². The molecule has 1 amide bonds. The highest BCUT2D eigenvalue weighted by atomic mass is 35.5. The first-order chi connectivity index (χ1) is 10.5. The summed E-state index contributed by atoms with van der Waals surface area (Å²) < 4.78 is 0. The molecule has 22 heavy (non-hydrogen) atoms. The number of anilines is 1. The molecule has 0 aliphatic rings. The largest absolute Gasteiger partial charge is 0.326 e. The van der Waals surface area contributed by atoms with E-state index in [1.807, 2.05) is 31.3 Å². The molecule has 2 aromatic carbocycles. The van der Waals surface area contributed by atoms with Crippen molar-refractivity contribution in [2.75, 3.05) is 18.9 Å². The minimum atomic E-state index is -0.131. The lowest BCUT2D eigenvalue weighted by molar-refractivity contribution is -0.885. The van der Waals surface area contributed by atoms with Crippen LogP contribution in [-0.4, -0.2) is 19.5 Å². The van der Waals surface area contributed by atoms with Crippen molar-refractivity contribution in [3.05, 3.63) is 63.1 Å². The van der Waals surface area contributed by atoms with E-state index in [1.54, 1.807) is 18.2 Å². The van der Waals surface area contributed by atoms with Crippen LogP contribution in [0.2, 0.25) is 15.1 Å². The molecule has 0 bridgehead atoms. The van der Waals surface area contributed by atoms with Gasteiger partial charge in [-0.25, -0.2) is 0 Å². The van der Waals surface area contributed by atoms with Crippen molar-refractivity contribution >= 4 is 46.4 Å². The van der Waals surface area contributed by atoms with E-state index in [0.29, 0.717) is 33.8 Å². The van der Waals surface area contributed by atoms with E-state index in [1.165, 1.54) is 0 Å². The topological polar surface area (TPSA) is 33.5 Å². The molecular formula is C16H16Cl3N2O+. The van der Waals surface area contributed by atoms with Crippen LogP contribution in [-0.2, 0) is 11.3 Å². The zero-order chi connectivity index (χ0) is 16.1. The molecule has 0 aliphatic carbocycles. The SMILES string of the molecule is C[NH+](CC(=O)Nc1cccc(Cl)c1Cl)Cc1ccccc1Cl. The van der Waals surface area contributed by atoms with Crippen LogP contribution in [0.4, 0.5) is 5.69 Å². The molecule has 0 radical (unpaired) electrons. The van der Waals surface area contributed by atoms with E-state index in [2.05, 4.69) is 5.32 Å². The summed E-state index contributed by atoms with van der Waals surface area (Å²) in [6.45, 7) is 0.963. The van der Waals surface area contributed by atoms with E-state index < -0.39 is 0 Å². The predicted octanol–water partition coefficient (Wildman–Crippen LogP) is 3.30. The molecular weight excluding hydrogens is 343 g/mol. The van der Waals surface area contributed by atoms with E-state index in [4.69, 9.17) is 34.8 Å². The van der Waals surface area contributed by atoms with E-state index in [0.717, 1.165) is 10.5 Å². The lowest BCUT2D eigenvalue weighted by atomic mass is 10.2. The van der Waals surface area contributed by atoms with Crippen molar-refractivity contribution in [2.45, 2.75) is 6.54 Å². The first kappa shape index (κ1) is 17.1. The Morgan fingerprint density at radius 3 is 2.45 bits per heavy atom. The Labute approximate surface area is 144 Å². The second-order valence-corrected chi connectivity index (χ2v) is 6.24. The highest BCUT2D eigenvalue weighted by Gasteiger charge is 2.14. The van der Waals surface area contributed by atoms with Crippen LogP contribution in [0.1, 0.15) is 5.56 Å². The summed E-state index contributed by atoms with van der Waals surface area (Å²) in [5, 5.41) is 4.24. The molecule has 2 N–H and O–H groups in total. The number of benzene rings is 2. The van der Waals surface area contributed by atoms with Gasteiger partial charge in [-0.2, -0.15) is 0 Å². The molecule has 0 spiro atoms. The second-order valence-electron chi connectivity index (χ2n) is 5.05. The van der Waals surface area contributed by atoms with Gasteiger partial charge < -0.3 is 10.2 Å². The first-order valence-corrected chi connectivity index (χ1v) is 7.89. The van der Waals surface area contributed by atoms with Crippen molar-refractivity contribution in [1.29, 1.82) is 0 Å². The van der Waals surface area contributed by atoms with Crippen molar-refractivity contribution in [3.8, 4) is 0 Å². The van der Waals surface area contributed by atoms with Gasteiger partial charge in [0.1, 0.15) is 6.54 Å². The minimum absolute atomic E-state index is 0.131. The number of rotatable bonds is 5. The van der Waals surface area contributed by atoms with Crippen LogP contribution >= 0.6 is 34.8 Å². The molecule has 116 valence electrons. The minimum Gasteiger partial charge on any atom is -0.326 e. The third-order valence-corrected chi connectivity index (χ3v) is 4.33. The maximum Gasteiger partial charge on any atom is 0.279 e. The van der Waals surface area contributed by atoms with Crippen LogP contribution in [0.3, 0.4) is 0 Å². The third-order valence-electron chi connectivity index (χ3n) is 3.14. The number of likely N-dealkylation sites (N-methyl/N-ethyl adjacent to an activating group) is 1. The second kappa shape index (κ2) is 7.84. The smallest absolute Gasteiger partial charge is 0.279 e. The van der Waals surface area contributed by atoms with Crippen molar-refractivity contribution < 1.29 is 9.69 Å². The molecule has 1 unspecified atom stereocenters. The van der Waals surface area contributed by atoms with Gasteiger partial charge in [-0.3, -0.25) is 4.79 Å². The molecule has 2 rings (SSSR count). The predicted molar refractivity (Wildman–Crippen MR) is 92.0 cm³/mol. The Morgan fingerprint density at radius 1 is 1.05 bits per heavy atom. The zero-order valence-electron chi connectivity index (χ0n) is 12.0. The highest BCUT2D eigenvalue weighted by molar-refractivity contribution is 6.44. The van der Waals surface area contributed by atoms with Crippen LogP contribution < -0.4 is 10.2 Å². The summed E-state index contributed by atoms with van der Waals surface area (Å²) in [6, 6.07) is 12.7. The van der Waals surface area contributed by atoms with Gasteiger partial charge in [0, 0.05) is 10.6 Å². The van der Waals surface area contributed by atoms with Gasteiger partial charge in [-0.05, 0) is 18.2 Å². The Bertz CT molecular complexity index is 676. The van der Waals surface area contributed by atoms with E-state index in [-0.39, 0.29) is 5.91 Å². The zero-order valence-corrected chi connectivity index (χ0v) is 14.3. The fourth-order valence-electron chi connectivity index (χ4n) is 2.10. The number of halogens is 3. The number of carbonyl (C=O) groups excluding carboxylic acids is 1. The summed E-state index contributed by atoms with van der Waals surface area (Å²) >= 11 is 18.1. The summed E-state index contributed by atoms with van der Waals surface area (Å²) in [7, 11) is 1.93. The maximum absolute atomic E-state index is 12.1. The van der Waals surface area contributed by atoms with E-state index >= 15 is 0 Å². The number of nitrogens with one attached hydrogen (secondary N) is 2. The van der Waals surface area contributed by atoms with E-state index in [9.17, 15) is 4.79 Å². The number of hydrogen-bond acceptors (Lipinski definition) is 1. The molecule has 0 saturated carbocycles. The van der Waals surface area contributed by atoms with Crippen LogP contribution in [0, 0.1) is 0 Å². The molecule has 2 aromatic rings. The van der Waals surface area contributed by atoms with Crippen LogP contribution in [0.5, 0.6) is 0 Å². The van der Waals surface area contributed by atoms with Crippen LogP contribution in [0.25, 0.3) is 0 Å². The Balaban J connectivity index is 1.94. The van der Waals surface area contributed by atoms with Gasteiger partial charge in [0.25, 0.3) is 5.91 Å². The molecule has 0 heterocycles. The summed E-state index contributed by atoms with van der Waals surface area (Å²) in [4.78, 5) is 13.1. The number of amides is 1. The van der Waals surface area contributed by atoms with Gasteiger partial charge in [-0.1, -0.05) is 59.1 Å². The van der Waals surface area contributed by atoms with Gasteiger partial charge in [0.05, 0.1) is 22.8 Å². The fourth-order valence-corrected chi connectivity index (χ4v) is 2.65. The first-order valence-electron chi connectivity index (χ1n) is 6.76. The Hall–Kier alpha value is -1.26. The summed E-state index contributed by atoms with van der Waals surface area (Å²) in [5.74, 6) is -0.131. The molecule has 0 aromatic heterocycles. The van der Waals surface area contributed by atoms with Crippen molar-refractivity contribution in [3.63, 3.8) is 0 Å². The highest BCUT2D eigenvalue weighted by Crippen LogP contribution is 2.29. The molecule has 0 fully saturated rings. The normalized spacial score (nSPS) is 12.0. The quantitative estimate of drug-likeness (QED) is 0.845. The number of carbonyl (C=O) groups is 1. The Kier molecular flexibility index (Phi) is 6.09. The van der Waals surface area contributed by atoms with Gasteiger partial charge in [-0.15, -0.1) is 0 Å². The van der Waals surface area contributed by atoms with Gasteiger partial charge in [0.15, 0.2) is 6.54 Å². The standard InChI is InChI=1S/C16H15Cl3N2O/c1-21(9-11-5-2-3-6-12(11)17)10-15(22)20-14-8-4-7-13(18)16(14)19/h2-8H,9-10H2,1H3,(H,20,22)/p+1. The maximum atomic E-state index is 12.1. The van der Waals surface area contributed by atoms with Crippen LogP contribution in [0.15, 0.2) is 42.5 Å². The number of quaternary nitrogens is 1. The average Bonchev–Trinajstić information content (AvgIpc) is 2.46. The molecule has 3 nitrogen and oxygen atoms in total. The molecule has 0 aliphatic heterocycles. The molecule has 6 heteroatoms. The van der Waals surface area contributed by atoms with Gasteiger partial charge in [0.2, 0.25) is 0 Å². The molecule has 1 atom stereocenters.